The minimum atomic E-state index is -4.84. The van der Waals surface area contributed by atoms with Crippen LogP contribution < -0.4 is 10.2 Å². The number of aromatic nitrogens is 1. The lowest BCUT2D eigenvalue weighted by molar-refractivity contribution is -0.165. The van der Waals surface area contributed by atoms with Crippen molar-refractivity contribution in [3.63, 3.8) is 0 Å². The molecule has 1 aromatic heterocycles. The van der Waals surface area contributed by atoms with Gasteiger partial charge in [0.1, 0.15) is 0 Å². The van der Waals surface area contributed by atoms with Crippen molar-refractivity contribution in [1.29, 1.82) is 0 Å². The van der Waals surface area contributed by atoms with Crippen molar-refractivity contribution >= 4 is 11.5 Å². The fraction of sp³-hybridized carbons (Fsp3) is 0.278. The zero-order valence-corrected chi connectivity index (χ0v) is 13.5. The van der Waals surface area contributed by atoms with Crippen LogP contribution in [0.3, 0.4) is 0 Å². The summed E-state index contributed by atoms with van der Waals surface area (Å²) in [6, 6.07) is 11.7. The van der Waals surface area contributed by atoms with Crippen molar-refractivity contribution in [2.24, 2.45) is 0 Å². The Labute approximate surface area is 143 Å². The van der Waals surface area contributed by atoms with Crippen molar-refractivity contribution in [2.45, 2.75) is 12.6 Å². The Balaban J connectivity index is 1.79. The second-order valence-corrected chi connectivity index (χ2v) is 5.85. The third-order valence-corrected chi connectivity index (χ3v) is 4.00. The number of hydrogen-bond donors (Lipinski definition) is 1. The molecule has 0 aliphatic carbocycles. The number of rotatable bonds is 3. The number of allylic oxidation sites excluding steroid dienone is 1. The highest BCUT2D eigenvalue weighted by Gasteiger charge is 2.37. The van der Waals surface area contributed by atoms with Gasteiger partial charge in [-0.2, -0.15) is 13.2 Å². The topological polar surface area (TPSA) is 37.3 Å². The molecule has 0 radical (unpaired) electrons. The molecule has 1 aliphatic rings. The van der Waals surface area contributed by atoms with E-state index >= 15 is 0 Å². The average molecular weight is 349 g/mol. The number of carbonyl (C=O) groups excluding carboxylic acids is 1. The molecular weight excluding hydrogens is 331 g/mol. The van der Waals surface area contributed by atoms with Crippen LogP contribution in [0.15, 0.2) is 60.6 Å². The Morgan fingerprint density at radius 2 is 1.88 bits per heavy atom. The van der Waals surface area contributed by atoms with E-state index in [1.807, 2.05) is 58.3 Å². The summed E-state index contributed by atoms with van der Waals surface area (Å²) in [6.07, 6.45) is 0.431. The van der Waals surface area contributed by atoms with Gasteiger partial charge in [-0.1, -0.05) is 18.2 Å². The van der Waals surface area contributed by atoms with Gasteiger partial charge in [-0.3, -0.25) is 4.79 Å². The number of hydrogen-bond acceptors (Lipinski definition) is 3. The summed E-state index contributed by atoms with van der Waals surface area (Å²) in [6.45, 7) is 1.47. The van der Waals surface area contributed by atoms with E-state index in [1.165, 1.54) is 0 Å². The van der Waals surface area contributed by atoms with E-state index in [0.29, 0.717) is 19.2 Å². The zero-order valence-electron chi connectivity index (χ0n) is 13.5. The smallest absolute Gasteiger partial charge is 0.387 e. The third kappa shape index (κ3) is 4.23. The molecular formula is C18H18F3N3O. The molecule has 7 heteroatoms. The van der Waals surface area contributed by atoms with E-state index in [9.17, 15) is 18.0 Å². The number of ketones is 1. The summed E-state index contributed by atoms with van der Waals surface area (Å²) >= 11 is 0. The predicted octanol–water partition coefficient (Wildman–Crippen LogP) is 3.29. The second kappa shape index (κ2) is 7.04. The van der Waals surface area contributed by atoms with E-state index in [1.54, 1.807) is 0 Å². The van der Waals surface area contributed by atoms with Crippen molar-refractivity contribution < 1.29 is 18.0 Å². The number of alkyl halides is 3. The van der Waals surface area contributed by atoms with Gasteiger partial charge in [0.15, 0.2) is 0 Å². The molecule has 1 aromatic carbocycles. The van der Waals surface area contributed by atoms with E-state index in [0.717, 1.165) is 17.8 Å². The molecule has 132 valence electrons. The molecule has 0 bridgehead atoms. The van der Waals surface area contributed by atoms with Gasteiger partial charge >= 0.3 is 6.18 Å². The molecule has 4 nitrogen and oxygen atoms in total. The molecule has 1 fully saturated rings. The summed E-state index contributed by atoms with van der Waals surface area (Å²) in [5.74, 6) is -1.83. The Kier molecular flexibility index (Phi) is 4.83. The van der Waals surface area contributed by atoms with Gasteiger partial charge in [-0.25, -0.2) is 0 Å². The predicted molar refractivity (Wildman–Crippen MR) is 89.7 cm³/mol. The maximum Gasteiger partial charge on any atom is 0.454 e. The second-order valence-electron chi connectivity index (χ2n) is 5.85. The molecule has 0 saturated carbocycles. The fourth-order valence-corrected chi connectivity index (χ4v) is 2.75. The Hall–Kier alpha value is -2.70. The van der Waals surface area contributed by atoms with Gasteiger partial charge in [0.2, 0.25) is 0 Å². The van der Waals surface area contributed by atoms with Crippen LogP contribution in [0.4, 0.5) is 18.9 Å². The molecule has 0 unspecified atom stereocenters. The summed E-state index contributed by atoms with van der Waals surface area (Å²) in [5, 5.41) is 2.91. The van der Waals surface area contributed by atoms with E-state index in [2.05, 4.69) is 5.32 Å². The van der Waals surface area contributed by atoms with Crippen molar-refractivity contribution in [1.82, 2.24) is 9.88 Å². The molecule has 2 heterocycles. The summed E-state index contributed by atoms with van der Waals surface area (Å²) < 4.78 is 39.4. The van der Waals surface area contributed by atoms with Crippen LogP contribution in [0, 0.1) is 0 Å². The molecule has 0 spiro atoms. The Morgan fingerprint density at radius 1 is 1.12 bits per heavy atom. The van der Waals surface area contributed by atoms with E-state index < -0.39 is 12.0 Å². The Morgan fingerprint density at radius 3 is 2.60 bits per heavy atom. The standard InChI is InChI=1S/C18H18F3N3O/c19-18(20,21)17(25)11-14-12-23(9-4-8-22-14)16-7-10-24(13-16)15-5-2-1-3-6-15/h1-3,5-7,10-11,13,22H,4,8-9,12H2/b14-11-. The SMILES string of the molecule is O=C(/C=C1/CN(c2ccn(-c3ccccc3)c2)CCCN1)C(F)(F)F. The van der Waals surface area contributed by atoms with Crippen LogP contribution in [0.1, 0.15) is 6.42 Å². The normalized spacial score (nSPS) is 17.2. The largest absolute Gasteiger partial charge is 0.454 e. The maximum atomic E-state index is 12.5. The van der Waals surface area contributed by atoms with Gasteiger partial charge < -0.3 is 14.8 Å². The number of anilines is 1. The lowest BCUT2D eigenvalue weighted by atomic mass is 10.2. The lowest BCUT2D eigenvalue weighted by Crippen LogP contribution is -2.28. The van der Waals surface area contributed by atoms with Gasteiger partial charge in [0.25, 0.3) is 5.78 Å². The zero-order chi connectivity index (χ0) is 17.9. The van der Waals surface area contributed by atoms with E-state index in [-0.39, 0.29) is 12.2 Å². The minimum absolute atomic E-state index is 0.237. The number of nitrogens with one attached hydrogen (secondary N) is 1. The van der Waals surface area contributed by atoms with Gasteiger partial charge in [0.05, 0.1) is 12.2 Å². The van der Waals surface area contributed by atoms with E-state index in [4.69, 9.17) is 0 Å². The van der Waals surface area contributed by atoms with Crippen LogP contribution >= 0.6 is 0 Å². The number of para-hydroxylation sites is 1. The fourth-order valence-electron chi connectivity index (χ4n) is 2.75. The van der Waals surface area contributed by atoms with Crippen LogP contribution in [0.5, 0.6) is 0 Å². The molecule has 1 N–H and O–H groups in total. The van der Waals surface area contributed by atoms with Gasteiger partial charge in [-0.05, 0) is 24.6 Å². The molecule has 2 aromatic rings. The Bertz CT molecular complexity index is 765. The number of carbonyl (C=O) groups is 1. The summed E-state index contributed by atoms with van der Waals surface area (Å²) in [4.78, 5) is 13.2. The highest BCUT2D eigenvalue weighted by Crippen LogP contribution is 2.22. The van der Waals surface area contributed by atoms with Crippen LogP contribution in [-0.2, 0) is 4.79 Å². The molecule has 3 rings (SSSR count). The maximum absolute atomic E-state index is 12.5. The molecule has 0 atom stereocenters. The van der Waals surface area contributed by atoms with Crippen LogP contribution in [-0.4, -0.2) is 36.2 Å². The molecule has 1 aliphatic heterocycles. The number of halogens is 3. The first-order valence-corrected chi connectivity index (χ1v) is 7.97. The monoisotopic (exact) mass is 349 g/mol. The molecule has 0 amide bonds. The van der Waals surface area contributed by atoms with Gasteiger partial charge in [-0.15, -0.1) is 0 Å². The van der Waals surface area contributed by atoms with Crippen LogP contribution in [0.2, 0.25) is 0 Å². The number of benzene rings is 1. The van der Waals surface area contributed by atoms with Crippen molar-refractivity contribution in [3.05, 3.63) is 60.6 Å². The highest BCUT2D eigenvalue weighted by atomic mass is 19.4. The highest BCUT2D eigenvalue weighted by molar-refractivity contribution is 5.95. The summed E-state index contributed by atoms with van der Waals surface area (Å²) in [7, 11) is 0. The van der Waals surface area contributed by atoms with Crippen molar-refractivity contribution in [2.75, 3.05) is 24.5 Å². The first kappa shape index (κ1) is 17.1. The third-order valence-electron chi connectivity index (χ3n) is 4.00. The quantitative estimate of drug-likeness (QED) is 0.864. The molecule has 1 saturated heterocycles. The van der Waals surface area contributed by atoms with Crippen molar-refractivity contribution in [3.8, 4) is 5.69 Å². The van der Waals surface area contributed by atoms with Gasteiger partial charge in [0, 0.05) is 42.9 Å². The number of nitrogens with zero attached hydrogens (tertiary/aromatic N) is 2. The lowest BCUT2D eigenvalue weighted by Gasteiger charge is -2.21. The first-order valence-electron chi connectivity index (χ1n) is 7.97. The molecule has 25 heavy (non-hydrogen) atoms. The first-order chi connectivity index (χ1) is 11.9. The minimum Gasteiger partial charge on any atom is -0.387 e. The summed E-state index contributed by atoms with van der Waals surface area (Å²) in [5.41, 5.74) is 2.19. The average Bonchev–Trinajstić information content (AvgIpc) is 2.96. The van der Waals surface area contributed by atoms with Crippen LogP contribution in [0.25, 0.3) is 5.69 Å².